The van der Waals surface area contributed by atoms with Gasteiger partial charge in [-0.1, -0.05) is 59.1 Å². The number of hydrogen-bond acceptors (Lipinski definition) is 15. The van der Waals surface area contributed by atoms with Gasteiger partial charge in [-0.05, 0) is 127 Å². The maximum absolute atomic E-state index is 11.9. The molecule has 0 saturated carbocycles. The lowest BCUT2D eigenvalue weighted by atomic mass is 10.0. The normalized spacial score (nSPS) is 16.2. The number of nitriles is 2. The number of aromatic nitrogens is 4. The highest BCUT2D eigenvalue weighted by atomic mass is 32.2. The van der Waals surface area contributed by atoms with Crippen LogP contribution in [0.5, 0.6) is 11.5 Å². The molecule has 3 atom stereocenters. The fraction of sp³-hybridized carbons (Fsp3) is 0.367. The predicted molar refractivity (Wildman–Crippen MR) is 266 cm³/mol. The summed E-state index contributed by atoms with van der Waals surface area (Å²) in [5.41, 5.74) is 9.82. The van der Waals surface area contributed by atoms with Crippen LogP contribution in [0.1, 0.15) is 86.0 Å². The Hall–Kier alpha value is -5.53. The first-order valence-corrected chi connectivity index (χ1v) is 27.8. The summed E-state index contributed by atoms with van der Waals surface area (Å²) in [4.78, 5) is 0. The van der Waals surface area contributed by atoms with Crippen LogP contribution in [0.3, 0.4) is 0 Å². The smallest absolute Gasteiger partial charge is 0.148 e. The van der Waals surface area contributed by atoms with Gasteiger partial charge in [-0.25, -0.2) is 8.42 Å². The molecule has 0 aliphatic heterocycles. The summed E-state index contributed by atoms with van der Waals surface area (Å²) in [6.07, 6.45) is 6.73. The van der Waals surface area contributed by atoms with Crippen molar-refractivity contribution >= 4 is 47.9 Å². The van der Waals surface area contributed by atoms with Crippen LogP contribution in [0.25, 0.3) is 42.3 Å². The van der Waals surface area contributed by atoms with Crippen molar-refractivity contribution in [3.8, 4) is 65.9 Å². The average Bonchev–Trinajstić information content (AvgIpc) is 4.10. The molecule has 2 aliphatic rings. The fourth-order valence-electron chi connectivity index (χ4n) is 8.11. The molecule has 6 aromatic rings. The Morgan fingerprint density at radius 2 is 1.09 bits per heavy atom. The summed E-state index contributed by atoms with van der Waals surface area (Å²) < 4.78 is 46.2. The van der Waals surface area contributed by atoms with Crippen molar-refractivity contribution in [1.29, 1.82) is 10.5 Å². The fourth-order valence-corrected chi connectivity index (χ4v) is 10.9. The van der Waals surface area contributed by atoms with Crippen molar-refractivity contribution in [2.75, 3.05) is 37.1 Å². The Kier molecular flexibility index (Phi) is 15.4. The Morgan fingerprint density at radius 1 is 0.667 bits per heavy atom. The van der Waals surface area contributed by atoms with Crippen molar-refractivity contribution in [3.63, 3.8) is 0 Å². The monoisotopic (exact) mass is 962 g/mol. The SMILES string of the molecule is C=S(C)(=O)CCN[C@@H]1CCc2c(-c3nnc(-c4ccc(OC(C)C)c(C#N)c4)s3)cccc21.CC(C)Oc1ccc(-c2nnc(-c3cccc4c3CC[C@@H]4NCCS(C)(=O)=O)s2)cc1C#N. The van der Waals surface area contributed by atoms with Crippen LogP contribution in [0.4, 0.5) is 0 Å². The van der Waals surface area contributed by atoms with Crippen LogP contribution in [-0.2, 0) is 32.2 Å². The van der Waals surface area contributed by atoms with E-state index in [0.717, 1.165) is 68.0 Å². The lowest BCUT2D eigenvalue weighted by molar-refractivity contribution is 0.241. The first-order chi connectivity index (χ1) is 31.5. The number of hydrogen-bond donors (Lipinski definition) is 2. The number of sulfone groups is 1. The van der Waals surface area contributed by atoms with Crippen molar-refractivity contribution in [2.24, 2.45) is 0 Å². The van der Waals surface area contributed by atoms with Crippen LogP contribution in [-0.4, -0.2) is 88.2 Å². The molecule has 8 rings (SSSR count). The molecule has 2 aromatic heterocycles. The average molecular weight is 963 g/mol. The zero-order valence-electron chi connectivity index (χ0n) is 38.0. The van der Waals surface area contributed by atoms with E-state index >= 15 is 0 Å². The molecule has 13 nitrogen and oxygen atoms in total. The van der Waals surface area contributed by atoms with E-state index in [4.69, 9.17) is 9.47 Å². The maximum atomic E-state index is 11.9. The number of ether oxygens (including phenoxy) is 2. The van der Waals surface area contributed by atoms with E-state index in [1.807, 2.05) is 64.1 Å². The molecule has 0 radical (unpaired) electrons. The van der Waals surface area contributed by atoms with Crippen LogP contribution >= 0.6 is 22.7 Å². The van der Waals surface area contributed by atoms with Crippen molar-refractivity contribution in [2.45, 2.75) is 77.7 Å². The molecule has 0 amide bonds. The Bertz CT molecular complexity index is 2820. The van der Waals surface area contributed by atoms with E-state index < -0.39 is 19.4 Å². The van der Waals surface area contributed by atoms with Crippen molar-refractivity contribution in [1.82, 2.24) is 31.0 Å². The number of benzene rings is 4. The Balaban J connectivity index is 0.000000196. The quantitative estimate of drug-likeness (QED) is 0.0877. The van der Waals surface area contributed by atoms with Crippen LogP contribution in [0, 0.1) is 22.7 Å². The molecule has 1 unspecified atom stereocenters. The van der Waals surface area contributed by atoms with Crippen molar-refractivity contribution < 1.29 is 22.1 Å². The van der Waals surface area contributed by atoms with Crippen LogP contribution < -0.4 is 20.1 Å². The third kappa shape index (κ3) is 12.1. The third-order valence-corrected chi connectivity index (χ3v) is 15.1. The van der Waals surface area contributed by atoms with E-state index in [1.165, 1.54) is 51.2 Å². The highest BCUT2D eigenvalue weighted by Gasteiger charge is 2.28. The van der Waals surface area contributed by atoms with Gasteiger partial charge in [0.2, 0.25) is 0 Å². The third-order valence-electron chi connectivity index (χ3n) is 11.1. The standard InChI is InChI=1S/C25H28N4O2S2.C24H26N4O3S2/c1-16(2)31-23-11-8-17(14-18(23)15-26)24-28-29-25(32-24)21-7-5-6-20-19(21)9-10-22(20)27-12-13-33(3,4)30;1-15(2)31-22-10-7-16(13-17(22)14-25)23-27-28-24(32-23)20-6-4-5-19-18(20)8-9-21(19)26-11-12-33(3,29)30/h5-8,11,14,16,22,27H,3,9-10,12-13H2,1-2,4H3;4-7,10,13,15,21,26H,8-9,11-12H2,1-3H3/t22-,33?;21-/m10/s1. The van der Waals surface area contributed by atoms with E-state index in [0.29, 0.717) is 41.5 Å². The predicted octanol–water partition coefficient (Wildman–Crippen LogP) is 8.61. The van der Waals surface area contributed by atoms with Gasteiger partial charge in [0.05, 0.1) is 29.1 Å². The van der Waals surface area contributed by atoms with E-state index in [9.17, 15) is 23.2 Å². The molecular weight excluding hydrogens is 909 g/mol. The minimum absolute atomic E-state index is 0.000665. The summed E-state index contributed by atoms with van der Waals surface area (Å²) in [6, 6.07) is 28.4. The molecule has 0 fully saturated rings. The molecule has 66 heavy (non-hydrogen) atoms. The number of nitrogens with one attached hydrogen (secondary N) is 2. The summed E-state index contributed by atoms with van der Waals surface area (Å²) in [5, 5.41) is 46.9. The van der Waals surface area contributed by atoms with Gasteiger partial charge in [0.15, 0.2) is 0 Å². The molecular formula is C49H54N8O5S4. The largest absolute Gasteiger partial charge is 0.490 e. The molecule has 2 heterocycles. The molecule has 0 spiro atoms. The summed E-state index contributed by atoms with van der Waals surface area (Å²) in [5.74, 6) is 5.59. The first kappa shape index (κ1) is 48.4. The number of fused-ring (bicyclic) bond motifs is 2. The number of rotatable bonds is 16. The summed E-state index contributed by atoms with van der Waals surface area (Å²) in [6.45, 7) is 8.86. The Morgan fingerprint density at radius 3 is 1.48 bits per heavy atom. The zero-order chi connectivity index (χ0) is 47.2. The zero-order valence-corrected chi connectivity index (χ0v) is 41.2. The second-order valence-corrected chi connectivity index (χ2v) is 24.1. The lowest BCUT2D eigenvalue weighted by Crippen LogP contribution is -2.25. The van der Waals surface area contributed by atoms with Crippen LogP contribution in [0.15, 0.2) is 72.8 Å². The second-order valence-electron chi connectivity index (χ2n) is 17.2. The second kappa shape index (κ2) is 21.0. The van der Waals surface area contributed by atoms with Gasteiger partial charge < -0.3 is 20.1 Å². The Labute approximate surface area is 396 Å². The molecule has 2 aliphatic carbocycles. The van der Waals surface area contributed by atoms with E-state index in [1.54, 1.807) is 12.3 Å². The van der Waals surface area contributed by atoms with Gasteiger partial charge in [0, 0.05) is 65.7 Å². The number of nitrogens with zero attached hydrogens (tertiary/aromatic N) is 6. The summed E-state index contributed by atoms with van der Waals surface area (Å²) in [7, 11) is -4.98. The van der Waals surface area contributed by atoms with Gasteiger partial charge in [0.1, 0.15) is 53.5 Å². The van der Waals surface area contributed by atoms with Gasteiger partial charge in [0.25, 0.3) is 0 Å². The van der Waals surface area contributed by atoms with E-state index in [-0.39, 0.29) is 30.0 Å². The molecule has 0 bridgehead atoms. The van der Waals surface area contributed by atoms with Crippen molar-refractivity contribution in [3.05, 3.63) is 106 Å². The topological polar surface area (TPSA) is 193 Å². The summed E-state index contributed by atoms with van der Waals surface area (Å²) >= 11 is 3.02. The molecule has 17 heteroatoms. The van der Waals surface area contributed by atoms with E-state index in [2.05, 4.69) is 79.4 Å². The lowest BCUT2D eigenvalue weighted by Gasteiger charge is -2.15. The van der Waals surface area contributed by atoms with Crippen LogP contribution in [0.2, 0.25) is 0 Å². The molecule has 0 saturated heterocycles. The molecule has 344 valence electrons. The molecule has 4 aromatic carbocycles. The van der Waals surface area contributed by atoms with Gasteiger partial charge >= 0.3 is 0 Å². The maximum Gasteiger partial charge on any atom is 0.148 e. The highest BCUT2D eigenvalue weighted by Crippen LogP contribution is 2.42. The molecule has 2 N–H and O–H groups in total. The minimum atomic E-state index is -2.99. The highest BCUT2D eigenvalue weighted by molar-refractivity contribution is 7.99. The minimum Gasteiger partial charge on any atom is -0.490 e. The van der Waals surface area contributed by atoms with Gasteiger partial charge in [-0.2, -0.15) is 10.5 Å². The van der Waals surface area contributed by atoms with Gasteiger partial charge in [-0.15, -0.1) is 20.4 Å². The first-order valence-electron chi connectivity index (χ1n) is 21.8. The van der Waals surface area contributed by atoms with Gasteiger partial charge in [-0.3, -0.25) is 4.21 Å².